The summed E-state index contributed by atoms with van der Waals surface area (Å²) in [6.45, 7) is 3.60. The molecule has 2 rings (SSSR count). The number of hydrogen-bond donors (Lipinski definition) is 0. The van der Waals surface area contributed by atoms with Crippen LogP contribution < -0.4 is 4.74 Å². The second-order valence-electron chi connectivity index (χ2n) is 4.26. The summed E-state index contributed by atoms with van der Waals surface area (Å²) in [6.07, 6.45) is -0.667. The SMILES string of the molecule is CC1(COC(=O)Oc2ccccc2)COC1. The van der Waals surface area contributed by atoms with Gasteiger partial charge in [-0.3, -0.25) is 0 Å². The van der Waals surface area contributed by atoms with Gasteiger partial charge in [-0.25, -0.2) is 4.79 Å². The van der Waals surface area contributed by atoms with Crippen LogP contribution in [-0.4, -0.2) is 26.0 Å². The van der Waals surface area contributed by atoms with Crippen LogP contribution in [0.2, 0.25) is 0 Å². The first-order chi connectivity index (χ1) is 7.68. The number of hydrogen-bond acceptors (Lipinski definition) is 4. The average Bonchev–Trinajstić information content (AvgIpc) is 2.25. The van der Waals surface area contributed by atoms with Crippen LogP contribution >= 0.6 is 0 Å². The van der Waals surface area contributed by atoms with Gasteiger partial charge >= 0.3 is 6.16 Å². The molecule has 1 saturated heterocycles. The molecule has 4 nitrogen and oxygen atoms in total. The van der Waals surface area contributed by atoms with Crippen molar-refractivity contribution in [3.63, 3.8) is 0 Å². The number of carbonyl (C=O) groups excluding carboxylic acids is 1. The predicted octanol–water partition coefficient (Wildman–Crippen LogP) is 2.24. The Kier molecular flexibility index (Phi) is 3.10. The molecule has 0 spiro atoms. The summed E-state index contributed by atoms with van der Waals surface area (Å²) in [4.78, 5) is 11.3. The molecule has 0 aromatic heterocycles. The highest BCUT2D eigenvalue weighted by Gasteiger charge is 2.35. The lowest BCUT2D eigenvalue weighted by atomic mass is 9.90. The largest absolute Gasteiger partial charge is 0.513 e. The van der Waals surface area contributed by atoms with Gasteiger partial charge in [0, 0.05) is 5.41 Å². The van der Waals surface area contributed by atoms with Crippen molar-refractivity contribution in [3.05, 3.63) is 30.3 Å². The second kappa shape index (κ2) is 4.53. The first kappa shape index (κ1) is 11.0. The standard InChI is InChI=1S/C12H14O4/c1-12(7-14-8-12)9-15-11(13)16-10-5-3-2-4-6-10/h2-6H,7-9H2,1H3. The van der Waals surface area contributed by atoms with Gasteiger partial charge in [-0.1, -0.05) is 25.1 Å². The van der Waals surface area contributed by atoms with Gasteiger partial charge in [-0.05, 0) is 12.1 Å². The first-order valence-corrected chi connectivity index (χ1v) is 5.15. The molecule has 0 saturated carbocycles. The summed E-state index contributed by atoms with van der Waals surface area (Å²) < 4.78 is 15.0. The summed E-state index contributed by atoms with van der Waals surface area (Å²) in [5, 5.41) is 0. The van der Waals surface area contributed by atoms with E-state index in [1.54, 1.807) is 24.3 Å². The van der Waals surface area contributed by atoms with E-state index in [4.69, 9.17) is 14.2 Å². The smallest absolute Gasteiger partial charge is 0.433 e. The Labute approximate surface area is 94.1 Å². The van der Waals surface area contributed by atoms with Crippen LogP contribution in [0.4, 0.5) is 4.79 Å². The Morgan fingerprint density at radius 3 is 2.62 bits per heavy atom. The third-order valence-corrected chi connectivity index (χ3v) is 2.38. The van der Waals surface area contributed by atoms with Crippen molar-refractivity contribution in [3.8, 4) is 5.75 Å². The maximum Gasteiger partial charge on any atom is 0.513 e. The van der Waals surface area contributed by atoms with Crippen molar-refractivity contribution >= 4 is 6.16 Å². The molecule has 0 amide bonds. The highest BCUT2D eigenvalue weighted by molar-refractivity contribution is 5.63. The van der Waals surface area contributed by atoms with Gasteiger partial charge in [0.05, 0.1) is 13.2 Å². The fourth-order valence-corrected chi connectivity index (χ4v) is 1.38. The lowest BCUT2D eigenvalue weighted by Gasteiger charge is -2.36. The molecule has 4 heteroatoms. The van der Waals surface area contributed by atoms with Crippen LogP contribution in [0.5, 0.6) is 5.75 Å². The summed E-state index contributed by atoms with van der Waals surface area (Å²) >= 11 is 0. The van der Waals surface area contributed by atoms with Crippen molar-refractivity contribution in [2.45, 2.75) is 6.92 Å². The van der Waals surface area contributed by atoms with E-state index in [0.29, 0.717) is 25.6 Å². The predicted molar refractivity (Wildman–Crippen MR) is 57.3 cm³/mol. The Balaban J connectivity index is 1.76. The number of benzene rings is 1. The molecule has 1 heterocycles. The van der Waals surface area contributed by atoms with Crippen LogP contribution in [-0.2, 0) is 9.47 Å². The molecule has 1 aromatic rings. The minimum Gasteiger partial charge on any atom is -0.433 e. The van der Waals surface area contributed by atoms with E-state index in [2.05, 4.69) is 0 Å². The first-order valence-electron chi connectivity index (χ1n) is 5.15. The number of ether oxygens (including phenoxy) is 3. The third-order valence-electron chi connectivity index (χ3n) is 2.38. The van der Waals surface area contributed by atoms with Crippen LogP contribution in [0.3, 0.4) is 0 Å². The summed E-state index contributed by atoms with van der Waals surface area (Å²) in [5.41, 5.74) is -0.0459. The van der Waals surface area contributed by atoms with Gasteiger partial charge in [0.25, 0.3) is 0 Å². The van der Waals surface area contributed by atoms with Gasteiger partial charge in [-0.15, -0.1) is 0 Å². The topological polar surface area (TPSA) is 44.8 Å². The van der Waals surface area contributed by atoms with E-state index in [0.717, 1.165) is 0 Å². The Morgan fingerprint density at radius 1 is 1.38 bits per heavy atom. The van der Waals surface area contributed by atoms with Crippen molar-refractivity contribution < 1.29 is 19.0 Å². The summed E-state index contributed by atoms with van der Waals surface area (Å²) in [6, 6.07) is 8.85. The zero-order chi connectivity index (χ0) is 11.4. The Morgan fingerprint density at radius 2 is 2.06 bits per heavy atom. The summed E-state index contributed by atoms with van der Waals surface area (Å²) in [5.74, 6) is 0.488. The van der Waals surface area contributed by atoms with Gasteiger partial charge in [0.2, 0.25) is 0 Å². The van der Waals surface area contributed by atoms with Crippen LogP contribution in [0.15, 0.2) is 30.3 Å². The van der Waals surface area contributed by atoms with E-state index >= 15 is 0 Å². The molecule has 1 fully saturated rings. The van der Waals surface area contributed by atoms with Gasteiger partial charge in [-0.2, -0.15) is 0 Å². The lowest BCUT2D eigenvalue weighted by Crippen LogP contribution is -2.44. The minimum absolute atomic E-state index is 0.0459. The van der Waals surface area contributed by atoms with Crippen LogP contribution in [0.1, 0.15) is 6.92 Å². The highest BCUT2D eigenvalue weighted by Crippen LogP contribution is 2.26. The highest BCUT2D eigenvalue weighted by atomic mass is 16.7. The van der Waals surface area contributed by atoms with Crippen LogP contribution in [0.25, 0.3) is 0 Å². The minimum atomic E-state index is -0.667. The average molecular weight is 222 g/mol. The fourth-order valence-electron chi connectivity index (χ4n) is 1.38. The molecule has 1 aliphatic heterocycles. The molecule has 0 N–H and O–H groups in total. The van der Waals surface area contributed by atoms with Crippen molar-refractivity contribution in [1.82, 2.24) is 0 Å². The second-order valence-corrected chi connectivity index (χ2v) is 4.26. The maximum atomic E-state index is 11.3. The van der Waals surface area contributed by atoms with E-state index in [-0.39, 0.29) is 5.41 Å². The van der Waals surface area contributed by atoms with Crippen molar-refractivity contribution in [2.24, 2.45) is 5.41 Å². The van der Waals surface area contributed by atoms with E-state index < -0.39 is 6.16 Å². The quantitative estimate of drug-likeness (QED) is 0.581. The molecule has 0 atom stereocenters. The third kappa shape index (κ3) is 2.73. The molecular weight excluding hydrogens is 208 g/mol. The van der Waals surface area contributed by atoms with Gasteiger partial charge in [0.1, 0.15) is 12.4 Å². The molecule has 1 aliphatic rings. The molecule has 0 radical (unpaired) electrons. The molecule has 0 aliphatic carbocycles. The van der Waals surface area contributed by atoms with Crippen molar-refractivity contribution in [1.29, 1.82) is 0 Å². The maximum absolute atomic E-state index is 11.3. The number of carbonyl (C=O) groups is 1. The Hall–Kier alpha value is -1.55. The number of rotatable bonds is 3. The summed E-state index contributed by atoms with van der Waals surface area (Å²) in [7, 11) is 0. The van der Waals surface area contributed by atoms with Crippen LogP contribution in [0, 0.1) is 5.41 Å². The zero-order valence-electron chi connectivity index (χ0n) is 9.14. The van der Waals surface area contributed by atoms with E-state index in [1.165, 1.54) is 0 Å². The number of para-hydroxylation sites is 1. The zero-order valence-corrected chi connectivity index (χ0v) is 9.14. The molecule has 0 bridgehead atoms. The molecule has 86 valence electrons. The fraction of sp³-hybridized carbons (Fsp3) is 0.417. The molecule has 16 heavy (non-hydrogen) atoms. The molecule has 1 aromatic carbocycles. The van der Waals surface area contributed by atoms with Gasteiger partial charge < -0.3 is 14.2 Å². The Bertz CT molecular complexity index is 357. The van der Waals surface area contributed by atoms with E-state index in [9.17, 15) is 4.79 Å². The monoisotopic (exact) mass is 222 g/mol. The van der Waals surface area contributed by atoms with Crippen molar-refractivity contribution in [2.75, 3.05) is 19.8 Å². The molecule has 0 unspecified atom stereocenters. The normalized spacial score (nSPS) is 17.3. The lowest BCUT2D eigenvalue weighted by molar-refractivity contribution is -0.128. The van der Waals surface area contributed by atoms with Gasteiger partial charge in [0.15, 0.2) is 0 Å². The van der Waals surface area contributed by atoms with E-state index in [1.807, 2.05) is 13.0 Å². The molecular formula is C12H14O4.